The highest BCUT2D eigenvalue weighted by molar-refractivity contribution is 6.26. The number of nitrogens with one attached hydrogen (secondary N) is 1. The molecule has 26 heavy (non-hydrogen) atoms. The van der Waals surface area contributed by atoms with E-state index in [9.17, 15) is 24.2 Å². The van der Waals surface area contributed by atoms with E-state index >= 15 is 0 Å². The zero-order valence-electron chi connectivity index (χ0n) is 13.4. The third kappa shape index (κ3) is 3.06. The maximum Gasteiger partial charge on any atom is 0.255 e. The molecule has 1 aliphatic rings. The Hall–Kier alpha value is -3.50. The first kappa shape index (κ1) is 17.3. The van der Waals surface area contributed by atoms with Crippen molar-refractivity contribution in [3.8, 4) is 6.07 Å². The number of halogens is 1. The summed E-state index contributed by atoms with van der Waals surface area (Å²) < 4.78 is 12.9. The molecular formula is C19H13FN2O4. The molecule has 2 aromatic carbocycles. The fraction of sp³-hybridized carbons (Fsp3) is 0.105. The van der Waals surface area contributed by atoms with Crippen molar-refractivity contribution in [1.29, 1.82) is 5.26 Å². The number of aliphatic hydroxyl groups is 2. The van der Waals surface area contributed by atoms with Crippen molar-refractivity contribution in [1.82, 2.24) is 5.32 Å². The van der Waals surface area contributed by atoms with Gasteiger partial charge in [-0.05, 0) is 29.8 Å². The molecule has 1 amide bonds. The lowest BCUT2D eigenvalue weighted by molar-refractivity contribution is -0.115. The van der Waals surface area contributed by atoms with E-state index < -0.39 is 29.4 Å². The van der Waals surface area contributed by atoms with Crippen LogP contribution >= 0.6 is 0 Å². The number of fused-ring (bicyclic) bond motifs is 1. The molecular weight excluding hydrogens is 339 g/mol. The van der Waals surface area contributed by atoms with Gasteiger partial charge < -0.3 is 15.5 Å². The molecule has 0 bridgehead atoms. The van der Waals surface area contributed by atoms with Crippen LogP contribution in [-0.2, 0) is 11.3 Å². The van der Waals surface area contributed by atoms with Crippen LogP contribution in [0.2, 0.25) is 0 Å². The Balaban J connectivity index is 1.92. The Labute approximate surface area is 147 Å². The average Bonchev–Trinajstić information content (AvgIpc) is 2.65. The summed E-state index contributed by atoms with van der Waals surface area (Å²) >= 11 is 0. The van der Waals surface area contributed by atoms with Crippen LogP contribution in [0.3, 0.4) is 0 Å². The van der Waals surface area contributed by atoms with Gasteiger partial charge in [-0.1, -0.05) is 18.2 Å². The van der Waals surface area contributed by atoms with Crippen LogP contribution < -0.4 is 5.32 Å². The zero-order valence-corrected chi connectivity index (χ0v) is 13.4. The second-order valence-corrected chi connectivity index (χ2v) is 5.71. The van der Waals surface area contributed by atoms with E-state index in [1.165, 1.54) is 42.5 Å². The normalized spacial score (nSPS) is 16.0. The summed E-state index contributed by atoms with van der Waals surface area (Å²) in [6.45, 7) is 0.0611. The molecule has 130 valence electrons. The van der Waals surface area contributed by atoms with Gasteiger partial charge in [-0.25, -0.2) is 4.39 Å². The monoisotopic (exact) mass is 352 g/mol. The third-order valence-corrected chi connectivity index (χ3v) is 4.04. The molecule has 6 nitrogen and oxygen atoms in total. The van der Waals surface area contributed by atoms with Gasteiger partial charge in [0.1, 0.15) is 11.6 Å². The molecule has 7 heteroatoms. The highest BCUT2D eigenvalue weighted by atomic mass is 19.1. The van der Waals surface area contributed by atoms with Crippen LogP contribution in [0.5, 0.6) is 0 Å². The van der Waals surface area contributed by atoms with Gasteiger partial charge in [-0.15, -0.1) is 0 Å². The molecule has 1 atom stereocenters. The molecule has 0 saturated heterocycles. The van der Waals surface area contributed by atoms with Gasteiger partial charge in [-0.3, -0.25) is 9.59 Å². The molecule has 0 spiro atoms. The Bertz CT molecular complexity index is 974. The Kier molecular flexibility index (Phi) is 4.52. The van der Waals surface area contributed by atoms with Gasteiger partial charge in [0.05, 0.1) is 17.2 Å². The van der Waals surface area contributed by atoms with E-state index in [2.05, 4.69) is 5.32 Å². The van der Waals surface area contributed by atoms with Crippen molar-refractivity contribution >= 4 is 17.3 Å². The van der Waals surface area contributed by atoms with Gasteiger partial charge in [0, 0.05) is 17.7 Å². The van der Waals surface area contributed by atoms with Gasteiger partial charge in [0.25, 0.3) is 5.91 Å². The summed E-state index contributed by atoms with van der Waals surface area (Å²) in [5.41, 5.74) is 0.706. The molecule has 0 aliphatic heterocycles. The van der Waals surface area contributed by atoms with Gasteiger partial charge in [0.15, 0.2) is 11.9 Å². The van der Waals surface area contributed by atoms with Crippen LogP contribution in [0.4, 0.5) is 4.39 Å². The van der Waals surface area contributed by atoms with Crippen molar-refractivity contribution in [2.75, 3.05) is 0 Å². The van der Waals surface area contributed by atoms with Crippen LogP contribution in [0.1, 0.15) is 27.0 Å². The summed E-state index contributed by atoms with van der Waals surface area (Å²) in [6, 6.07) is 11.4. The molecule has 3 rings (SSSR count). The number of nitriles is 1. The number of amides is 1. The molecule has 1 unspecified atom stereocenters. The lowest BCUT2D eigenvalue weighted by atomic mass is 9.85. The van der Waals surface area contributed by atoms with Crippen LogP contribution in [0, 0.1) is 17.1 Å². The predicted molar refractivity (Wildman–Crippen MR) is 89.3 cm³/mol. The Morgan fingerprint density at radius 3 is 2.54 bits per heavy atom. The molecule has 2 aromatic rings. The molecule has 1 aliphatic carbocycles. The maximum atomic E-state index is 12.9. The Morgan fingerprint density at radius 2 is 1.88 bits per heavy atom. The minimum Gasteiger partial charge on any atom is -0.508 e. The summed E-state index contributed by atoms with van der Waals surface area (Å²) in [5.74, 6) is -2.64. The van der Waals surface area contributed by atoms with Gasteiger partial charge >= 0.3 is 0 Å². The van der Waals surface area contributed by atoms with Gasteiger partial charge in [-0.2, -0.15) is 5.26 Å². The number of hydrogen-bond acceptors (Lipinski definition) is 5. The molecule has 0 fully saturated rings. The topological polar surface area (TPSA) is 110 Å². The van der Waals surface area contributed by atoms with Crippen molar-refractivity contribution in [3.05, 3.63) is 76.3 Å². The van der Waals surface area contributed by atoms with E-state index in [1.54, 1.807) is 0 Å². The van der Waals surface area contributed by atoms with Crippen LogP contribution in [-0.4, -0.2) is 28.0 Å². The lowest BCUT2D eigenvalue weighted by Gasteiger charge is -2.22. The van der Waals surface area contributed by atoms with E-state index in [-0.39, 0.29) is 28.8 Å². The van der Waals surface area contributed by atoms with E-state index in [0.29, 0.717) is 5.56 Å². The molecule has 3 N–H and O–H groups in total. The number of benzene rings is 2. The molecule has 0 radical (unpaired) electrons. The van der Waals surface area contributed by atoms with Crippen LogP contribution in [0.25, 0.3) is 5.57 Å². The van der Waals surface area contributed by atoms with E-state index in [4.69, 9.17) is 5.26 Å². The van der Waals surface area contributed by atoms with Crippen LogP contribution in [0.15, 0.2) is 48.2 Å². The second kappa shape index (κ2) is 6.78. The molecule has 0 aromatic heterocycles. The molecule has 0 saturated carbocycles. The third-order valence-electron chi connectivity index (χ3n) is 4.04. The minimum absolute atomic E-state index is 0.0127. The number of carbonyl (C=O) groups is 2. The minimum atomic E-state index is -1.87. The number of rotatable bonds is 3. The number of Topliss-reactive ketones (excluding diaryl/α,β-unsaturated/α-hetero) is 1. The first-order valence-electron chi connectivity index (χ1n) is 7.65. The quantitative estimate of drug-likeness (QED) is 0.781. The van der Waals surface area contributed by atoms with Gasteiger partial charge in [0.2, 0.25) is 0 Å². The standard InChI is InChI=1S/C19H13FN2O4/c20-12-4-1-10(2-5-12)9-22-19(26)15-13-6-3-11(8-21)7-14(13)16(23)18(25)17(15)24/h1-7,18,24-25H,9H2,(H,22,26). The van der Waals surface area contributed by atoms with Crippen molar-refractivity contribution in [3.63, 3.8) is 0 Å². The number of ketones is 1. The largest absolute Gasteiger partial charge is 0.508 e. The highest BCUT2D eigenvalue weighted by Crippen LogP contribution is 2.31. The fourth-order valence-electron chi connectivity index (χ4n) is 2.69. The second-order valence-electron chi connectivity index (χ2n) is 5.71. The summed E-state index contributed by atoms with van der Waals surface area (Å²) in [4.78, 5) is 24.7. The average molecular weight is 352 g/mol. The zero-order chi connectivity index (χ0) is 18.8. The number of hydrogen-bond donors (Lipinski definition) is 3. The summed E-state index contributed by atoms with van der Waals surface area (Å²) in [6.07, 6.45) is -1.87. The number of carbonyl (C=O) groups excluding carboxylic acids is 2. The highest BCUT2D eigenvalue weighted by Gasteiger charge is 2.36. The number of aliphatic hydroxyl groups excluding tert-OH is 2. The smallest absolute Gasteiger partial charge is 0.255 e. The van der Waals surface area contributed by atoms with Crippen molar-refractivity contribution < 1.29 is 24.2 Å². The summed E-state index contributed by atoms with van der Waals surface area (Å²) in [5, 5.41) is 31.6. The Morgan fingerprint density at radius 1 is 1.19 bits per heavy atom. The SMILES string of the molecule is N#Cc1ccc2c(c1)C(=O)C(O)C(O)=C2C(=O)NCc1ccc(F)cc1. The van der Waals surface area contributed by atoms with E-state index in [1.807, 2.05) is 6.07 Å². The van der Waals surface area contributed by atoms with E-state index in [0.717, 1.165) is 0 Å². The predicted octanol–water partition coefficient (Wildman–Crippen LogP) is 1.84. The first-order chi connectivity index (χ1) is 12.4. The lowest BCUT2D eigenvalue weighted by Crippen LogP contribution is -2.34. The van der Waals surface area contributed by atoms with Crippen molar-refractivity contribution in [2.24, 2.45) is 0 Å². The summed E-state index contributed by atoms with van der Waals surface area (Å²) in [7, 11) is 0. The van der Waals surface area contributed by atoms with Crippen molar-refractivity contribution in [2.45, 2.75) is 12.6 Å². The molecule has 0 heterocycles. The first-order valence-corrected chi connectivity index (χ1v) is 7.65. The fourth-order valence-corrected chi connectivity index (χ4v) is 2.69. The maximum absolute atomic E-state index is 12.9. The number of nitrogens with zero attached hydrogens (tertiary/aromatic N) is 1.